The Morgan fingerprint density at radius 1 is 1.19 bits per heavy atom. The predicted octanol–water partition coefficient (Wildman–Crippen LogP) is 4.04. The predicted molar refractivity (Wildman–Crippen MR) is 147 cm³/mol. The van der Waals surface area contributed by atoms with Gasteiger partial charge in [-0.15, -0.1) is 0 Å². The molecule has 0 aromatic heterocycles. The van der Waals surface area contributed by atoms with Gasteiger partial charge in [0.1, 0.15) is 17.5 Å². The highest BCUT2D eigenvalue weighted by Crippen LogP contribution is 2.35. The number of para-hydroxylation sites is 2. The molecule has 9 heteroatoms. The highest BCUT2D eigenvalue weighted by atomic mass is 79.9. The van der Waals surface area contributed by atoms with E-state index in [0.717, 1.165) is 20.8 Å². The first-order chi connectivity index (χ1) is 17.9. The minimum Gasteiger partial charge on any atom is -0.496 e. The zero-order valence-electron chi connectivity index (χ0n) is 21.3. The van der Waals surface area contributed by atoms with Gasteiger partial charge in [-0.1, -0.05) is 40.2 Å². The molecule has 3 aromatic rings. The van der Waals surface area contributed by atoms with Gasteiger partial charge in [0.15, 0.2) is 0 Å². The minimum atomic E-state index is -0.885. The second-order valence-electron chi connectivity index (χ2n) is 8.85. The molecule has 0 fully saturated rings. The van der Waals surface area contributed by atoms with E-state index >= 15 is 0 Å². The van der Waals surface area contributed by atoms with Gasteiger partial charge in [0.05, 0.1) is 38.6 Å². The third-order valence-corrected chi connectivity index (χ3v) is 6.92. The maximum absolute atomic E-state index is 14.2. The SMILES string of the molecule is CN[C@@H](C)C(=O)NC1COCCCOc2ccccc2N(Cc2c(OC)ccc3cc(Br)ccc23)C1=O. The third-order valence-electron chi connectivity index (χ3n) is 6.42. The number of likely N-dealkylation sites (N-methyl/N-ethyl adjacent to an activating group) is 1. The second-order valence-corrected chi connectivity index (χ2v) is 9.77. The summed E-state index contributed by atoms with van der Waals surface area (Å²) in [5.74, 6) is 0.673. The largest absolute Gasteiger partial charge is 0.496 e. The summed E-state index contributed by atoms with van der Waals surface area (Å²) in [5, 5.41) is 7.77. The summed E-state index contributed by atoms with van der Waals surface area (Å²) in [7, 11) is 3.32. The van der Waals surface area contributed by atoms with E-state index in [4.69, 9.17) is 14.2 Å². The minimum absolute atomic E-state index is 0.0549. The summed E-state index contributed by atoms with van der Waals surface area (Å²) in [5.41, 5.74) is 1.46. The number of hydrogen-bond donors (Lipinski definition) is 2. The molecule has 2 atom stereocenters. The van der Waals surface area contributed by atoms with E-state index in [2.05, 4.69) is 26.6 Å². The molecule has 1 unspecified atom stereocenters. The van der Waals surface area contributed by atoms with Crippen LogP contribution in [-0.4, -0.2) is 57.9 Å². The Balaban J connectivity index is 1.82. The monoisotopic (exact) mass is 569 g/mol. The summed E-state index contributed by atoms with van der Waals surface area (Å²) in [6, 6.07) is 16.0. The van der Waals surface area contributed by atoms with Crippen molar-refractivity contribution in [1.29, 1.82) is 0 Å². The number of nitrogens with zero attached hydrogens (tertiary/aromatic N) is 1. The van der Waals surface area contributed by atoms with E-state index in [0.29, 0.717) is 36.8 Å². The van der Waals surface area contributed by atoms with Crippen molar-refractivity contribution in [2.75, 3.05) is 38.9 Å². The van der Waals surface area contributed by atoms with Gasteiger partial charge in [0.2, 0.25) is 5.91 Å². The molecule has 196 valence electrons. The first-order valence-corrected chi connectivity index (χ1v) is 13.1. The smallest absolute Gasteiger partial charge is 0.252 e. The van der Waals surface area contributed by atoms with Crippen LogP contribution in [0.2, 0.25) is 0 Å². The van der Waals surface area contributed by atoms with Crippen LogP contribution in [0.15, 0.2) is 59.1 Å². The van der Waals surface area contributed by atoms with Crippen molar-refractivity contribution in [3.05, 3.63) is 64.6 Å². The molecule has 2 N–H and O–H groups in total. The molecule has 0 saturated heterocycles. The van der Waals surface area contributed by atoms with Crippen molar-refractivity contribution < 1.29 is 23.8 Å². The number of hydrogen-bond acceptors (Lipinski definition) is 6. The van der Waals surface area contributed by atoms with Gasteiger partial charge in [-0.2, -0.15) is 0 Å². The Morgan fingerprint density at radius 3 is 2.78 bits per heavy atom. The molecule has 0 radical (unpaired) electrons. The van der Waals surface area contributed by atoms with Crippen molar-refractivity contribution in [3.8, 4) is 11.5 Å². The van der Waals surface area contributed by atoms with Crippen LogP contribution in [-0.2, 0) is 20.9 Å². The third kappa shape index (κ3) is 6.23. The van der Waals surface area contributed by atoms with Gasteiger partial charge in [-0.25, -0.2) is 0 Å². The number of amides is 2. The van der Waals surface area contributed by atoms with Crippen LogP contribution < -0.4 is 25.0 Å². The summed E-state index contributed by atoms with van der Waals surface area (Å²) in [6.07, 6.45) is 0.655. The number of anilines is 1. The van der Waals surface area contributed by atoms with Crippen molar-refractivity contribution in [2.24, 2.45) is 0 Å². The zero-order chi connectivity index (χ0) is 26.4. The Bertz CT molecular complexity index is 1270. The lowest BCUT2D eigenvalue weighted by Crippen LogP contribution is -2.54. The van der Waals surface area contributed by atoms with E-state index in [1.54, 1.807) is 26.0 Å². The fraction of sp³-hybridized carbons (Fsp3) is 0.357. The van der Waals surface area contributed by atoms with E-state index in [-0.39, 0.29) is 25.0 Å². The molecular weight excluding hydrogens is 538 g/mol. The first-order valence-electron chi connectivity index (χ1n) is 12.3. The van der Waals surface area contributed by atoms with Crippen LogP contribution in [0.25, 0.3) is 10.8 Å². The number of methoxy groups -OCH3 is 1. The highest BCUT2D eigenvalue weighted by molar-refractivity contribution is 9.10. The molecular formula is C28H32BrN3O5. The second kappa shape index (κ2) is 12.4. The van der Waals surface area contributed by atoms with Gasteiger partial charge in [0.25, 0.3) is 5.91 Å². The van der Waals surface area contributed by atoms with Crippen molar-refractivity contribution in [3.63, 3.8) is 0 Å². The van der Waals surface area contributed by atoms with Crippen LogP contribution >= 0.6 is 15.9 Å². The van der Waals surface area contributed by atoms with Crippen LogP contribution in [0.5, 0.6) is 11.5 Å². The maximum Gasteiger partial charge on any atom is 0.252 e. The van der Waals surface area contributed by atoms with Gasteiger partial charge in [-0.05, 0) is 55.1 Å². The molecule has 1 heterocycles. The Hall–Kier alpha value is -3.14. The van der Waals surface area contributed by atoms with Gasteiger partial charge < -0.3 is 29.7 Å². The van der Waals surface area contributed by atoms with Crippen molar-refractivity contribution in [2.45, 2.75) is 32.0 Å². The fourth-order valence-corrected chi connectivity index (χ4v) is 4.66. The van der Waals surface area contributed by atoms with Gasteiger partial charge in [0, 0.05) is 23.1 Å². The number of halogens is 1. The fourth-order valence-electron chi connectivity index (χ4n) is 4.28. The normalized spacial score (nSPS) is 17.4. The molecule has 1 aliphatic heterocycles. The molecule has 8 nitrogen and oxygen atoms in total. The van der Waals surface area contributed by atoms with Crippen molar-refractivity contribution in [1.82, 2.24) is 10.6 Å². The van der Waals surface area contributed by atoms with Gasteiger partial charge >= 0.3 is 0 Å². The number of carbonyl (C=O) groups is 2. The first kappa shape index (κ1) is 26.9. The Labute approximate surface area is 225 Å². The lowest BCUT2D eigenvalue weighted by atomic mass is 10.0. The topological polar surface area (TPSA) is 89.1 Å². The number of benzene rings is 3. The molecule has 0 spiro atoms. The molecule has 2 amide bonds. The molecule has 0 bridgehead atoms. The number of rotatable bonds is 6. The lowest BCUT2D eigenvalue weighted by Gasteiger charge is -2.30. The summed E-state index contributed by atoms with van der Waals surface area (Å²) < 4.78 is 18.5. The number of carbonyl (C=O) groups excluding carboxylic acids is 2. The Morgan fingerprint density at radius 2 is 2.00 bits per heavy atom. The lowest BCUT2D eigenvalue weighted by molar-refractivity contribution is -0.130. The van der Waals surface area contributed by atoms with Crippen LogP contribution in [0.1, 0.15) is 18.9 Å². The van der Waals surface area contributed by atoms with E-state index in [9.17, 15) is 9.59 Å². The van der Waals surface area contributed by atoms with Crippen LogP contribution in [0.4, 0.5) is 5.69 Å². The number of ether oxygens (including phenoxy) is 3. The molecule has 37 heavy (non-hydrogen) atoms. The van der Waals surface area contributed by atoms with E-state index in [1.165, 1.54) is 0 Å². The Kier molecular flexibility index (Phi) is 9.02. The standard InChI is InChI=1S/C28H32BrN3O5/c1-18(30-2)27(33)31-23-17-36-13-6-14-37-26-8-5-4-7-24(26)32(28(23)34)16-22-21-11-10-20(29)15-19(21)9-12-25(22)35-3/h4-5,7-12,15,18,23,30H,6,13-14,16-17H2,1-3H3,(H,31,33)/t18-,23?/m0/s1. The highest BCUT2D eigenvalue weighted by Gasteiger charge is 2.31. The quantitative estimate of drug-likeness (QED) is 0.466. The van der Waals surface area contributed by atoms with Crippen molar-refractivity contribution >= 4 is 44.2 Å². The summed E-state index contributed by atoms with van der Waals surface area (Å²) in [4.78, 5) is 28.6. The molecule has 1 aliphatic rings. The van der Waals surface area contributed by atoms with E-state index in [1.807, 2.05) is 54.6 Å². The molecule has 3 aromatic carbocycles. The molecule has 0 saturated carbocycles. The number of fused-ring (bicyclic) bond motifs is 2. The van der Waals surface area contributed by atoms with Gasteiger partial charge in [-0.3, -0.25) is 9.59 Å². The maximum atomic E-state index is 14.2. The van der Waals surface area contributed by atoms with E-state index < -0.39 is 12.1 Å². The van der Waals surface area contributed by atoms with Crippen LogP contribution in [0.3, 0.4) is 0 Å². The zero-order valence-corrected chi connectivity index (χ0v) is 22.8. The van der Waals surface area contributed by atoms with Crippen LogP contribution in [0, 0.1) is 0 Å². The molecule has 0 aliphatic carbocycles. The average molecular weight is 570 g/mol. The molecule has 4 rings (SSSR count). The average Bonchev–Trinajstić information content (AvgIpc) is 2.94. The summed E-state index contributed by atoms with van der Waals surface area (Å²) >= 11 is 3.54. The summed E-state index contributed by atoms with van der Waals surface area (Å²) in [6.45, 7) is 2.86. The number of nitrogens with one attached hydrogen (secondary N) is 2.